The Hall–Kier alpha value is -1.99. The van der Waals surface area contributed by atoms with Gasteiger partial charge in [0.25, 0.3) is 0 Å². The second-order valence-electron chi connectivity index (χ2n) is 6.54. The number of carboxylic acids is 1. The summed E-state index contributed by atoms with van der Waals surface area (Å²) in [7, 11) is 0. The number of carboxylic acid groups (broad SMARTS) is 1. The first-order valence-corrected chi connectivity index (χ1v) is 9.59. The summed E-state index contributed by atoms with van der Waals surface area (Å²) in [6, 6.07) is 4.89. The van der Waals surface area contributed by atoms with Gasteiger partial charge in [-0.15, -0.1) is 0 Å². The number of amides is 1. The van der Waals surface area contributed by atoms with Gasteiger partial charge < -0.3 is 15.4 Å². The number of nitrogens with zero attached hydrogens (tertiary/aromatic N) is 1. The number of carbonyl (C=O) groups excluding carboxylic acids is 1. The van der Waals surface area contributed by atoms with Crippen LogP contribution in [0.15, 0.2) is 24.4 Å². The van der Waals surface area contributed by atoms with Crippen LogP contribution in [0.25, 0.3) is 10.9 Å². The number of benzene rings is 1. The fourth-order valence-electron chi connectivity index (χ4n) is 3.05. The molecule has 1 aromatic carbocycles. The minimum Gasteiger partial charge on any atom is -0.480 e. The third-order valence-corrected chi connectivity index (χ3v) is 5.39. The molecule has 3 rings (SSSR count). The molecule has 6 nitrogen and oxygen atoms in total. The third kappa shape index (κ3) is 3.82. The van der Waals surface area contributed by atoms with Crippen LogP contribution in [0.4, 0.5) is 5.69 Å². The lowest BCUT2D eigenvalue weighted by Gasteiger charge is -2.31. The van der Waals surface area contributed by atoms with E-state index in [2.05, 4.69) is 10.3 Å². The van der Waals surface area contributed by atoms with Gasteiger partial charge in [-0.1, -0.05) is 13.8 Å². The second-order valence-corrected chi connectivity index (χ2v) is 7.76. The molecule has 0 bridgehead atoms. The van der Waals surface area contributed by atoms with Crippen LogP contribution in [-0.2, 0) is 9.59 Å². The van der Waals surface area contributed by atoms with Gasteiger partial charge in [0.05, 0.1) is 0 Å². The Labute approximate surface area is 151 Å². The normalized spacial score (nSPS) is 16.9. The zero-order valence-electron chi connectivity index (χ0n) is 14.4. The summed E-state index contributed by atoms with van der Waals surface area (Å²) < 4.78 is 0. The molecule has 3 N–H and O–H groups in total. The Bertz CT molecular complexity index is 781. The average molecular weight is 361 g/mol. The van der Waals surface area contributed by atoms with Crippen molar-refractivity contribution < 1.29 is 14.7 Å². The quantitative estimate of drug-likeness (QED) is 0.762. The number of fused-ring (bicyclic) bond motifs is 1. The van der Waals surface area contributed by atoms with Crippen molar-refractivity contribution in [1.29, 1.82) is 0 Å². The highest BCUT2D eigenvalue weighted by atomic mass is 32.2. The minimum atomic E-state index is -0.843. The highest BCUT2D eigenvalue weighted by Crippen LogP contribution is 2.32. The molecule has 2 aromatic rings. The van der Waals surface area contributed by atoms with Crippen molar-refractivity contribution in [3.8, 4) is 0 Å². The first kappa shape index (κ1) is 17.8. The van der Waals surface area contributed by atoms with E-state index < -0.39 is 12.0 Å². The van der Waals surface area contributed by atoms with Gasteiger partial charge in [-0.05, 0) is 18.2 Å². The predicted molar refractivity (Wildman–Crippen MR) is 101 cm³/mol. The maximum Gasteiger partial charge on any atom is 0.325 e. The minimum absolute atomic E-state index is 0.0562. The van der Waals surface area contributed by atoms with Crippen molar-refractivity contribution in [3.63, 3.8) is 0 Å². The molecule has 0 spiro atoms. The van der Waals surface area contributed by atoms with Crippen molar-refractivity contribution >= 4 is 40.2 Å². The summed E-state index contributed by atoms with van der Waals surface area (Å²) in [5, 5.41) is 13.5. The van der Waals surface area contributed by atoms with E-state index in [1.807, 2.05) is 48.7 Å². The highest BCUT2D eigenvalue weighted by Gasteiger charge is 2.30. The van der Waals surface area contributed by atoms with Crippen LogP contribution in [0.5, 0.6) is 0 Å². The van der Waals surface area contributed by atoms with E-state index in [1.54, 1.807) is 6.20 Å². The highest BCUT2D eigenvalue weighted by molar-refractivity contribution is 7.99. The van der Waals surface area contributed by atoms with Crippen LogP contribution >= 0.6 is 11.8 Å². The van der Waals surface area contributed by atoms with E-state index in [0.29, 0.717) is 5.69 Å². The number of thioether (sulfide) groups is 1. The van der Waals surface area contributed by atoms with E-state index >= 15 is 0 Å². The molecular weight excluding hydrogens is 338 g/mol. The van der Waals surface area contributed by atoms with E-state index in [1.165, 1.54) is 0 Å². The molecule has 1 fully saturated rings. The lowest BCUT2D eigenvalue weighted by atomic mass is 10.0. The molecule has 1 aliphatic rings. The fraction of sp³-hybridized carbons (Fsp3) is 0.444. The van der Waals surface area contributed by atoms with Gasteiger partial charge >= 0.3 is 5.97 Å². The summed E-state index contributed by atoms with van der Waals surface area (Å²) in [5.41, 5.74) is 2.30. The van der Waals surface area contributed by atoms with Crippen LogP contribution in [0.3, 0.4) is 0 Å². The summed E-state index contributed by atoms with van der Waals surface area (Å²) >= 11 is 1.85. The monoisotopic (exact) mass is 361 g/mol. The molecule has 1 aliphatic heterocycles. The largest absolute Gasteiger partial charge is 0.480 e. The number of nitrogens with one attached hydrogen (secondary N) is 2. The Balaban J connectivity index is 1.96. The number of aromatic nitrogens is 1. The molecule has 1 aromatic heterocycles. The van der Waals surface area contributed by atoms with Crippen molar-refractivity contribution in [2.24, 2.45) is 5.92 Å². The number of hydrogen-bond donors (Lipinski definition) is 3. The van der Waals surface area contributed by atoms with E-state index in [9.17, 15) is 14.7 Å². The predicted octanol–water partition coefficient (Wildman–Crippen LogP) is 2.94. The van der Waals surface area contributed by atoms with Gasteiger partial charge in [0.1, 0.15) is 6.04 Å². The molecule has 0 radical (unpaired) electrons. The van der Waals surface area contributed by atoms with Gasteiger partial charge in [-0.25, -0.2) is 0 Å². The first-order valence-electron chi connectivity index (χ1n) is 8.44. The number of aromatic amines is 1. The van der Waals surface area contributed by atoms with Crippen LogP contribution < -0.4 is 5.32 Å². The van der Waals surface area contributed by atoms with Gasteiger partial charge in [-0.2, -0.15) is 11.8 Å². The number of carbonyl (C=O) groups is 2. The van der Waals surface area contributed by atoms with E-state index in [0.717, 1.165) is 41.1 Å². The molecule has 25 heavy (non-hydrogen) atoms. The third-order valence-electron chi connectivity index (χ3n) is 4.44. The Morgan fingerprint density at radius 1 is 1.28 bits per heavy atom. The molecule has 1 amide bonds. The topological polar surface area (TPSA) is 85.4 Å². The van der Waals surface area contributed by atoms with Gasteiger partial charge in [0, 0.05) is 58.9 Å². The lowest BCUT2D eigenvalue weighted by Crippen LogP contribution is -2.39. The molecule has 0 saturated carbocycles. The van der Waals surface area contributed by atoms with Crippen LogP contribution in [0.2, 0.25) is 0 Å². The average Bonchev–Trinajstić information content (AvgIpc) is 2.99. The molecule has 134 valence electrons. The van der Waals surface area contributed by atoms with Crippen molar-refractivity contribution in [1.82, 2.24) is 9.88 Å². The standard InChI is InChI=1S/C18H23N3O3S/c1-11(2)17(22)20-12-3-4-15-13(9-12)14(10-19-15)16(18(23)24)21-5-7-25-8-6-21/h3-4,9-11,16,19H,5-8H2,1-2H3,(H,20,22)(H,23,24)/t16-/m0/s1. The zero-order valence-corrected chi connectivity index (χ0v) is 15.2. The summed E-state index contributed by atoms with van der Waals surface area (Å²) in [5.74, 6) is 0.881. The van der Waals surface area contributed by atoms with E-state index in [4.69, 9.17) is 0 Å². The number of aliphatic carboxylic acids is 1. The number of H-pyrrole nitrogens is 1. The van der Waals surface area contributed by atoms with Crippen LogP contribution in [0.1, 0.15) is 25.5 Å². The Morgan fingerprint density at radius 3 is 2.64 bits per heavy atom. The number of anilines is 1. The molecule has 7 heteroatoms. The van der Waals surface area contributed by atoms with Gasteiger partial charge in [0.15, 0.2) is 0 Å². The summed E-state index contributed by atoms with van der Waals surface area (Å²) in [6.07, 6.45) is 1.78. The summed E-state index contributed by atoms with van der Waals surface area (Å²) in [6.45, 7) is 5.20. The fourth-order valence-corrected chi connectivity index (χ4v) is 3.99. The number of hydrogen-bond acceptors (Lipinski definition) is 4. The summed E-state index contributed by atoms with van der Waals surface area (Å²) in [4.78, 5) is 29.1. The van der Waals surface area contributed by atoms with Crippen molar-refractivity contribution in [2.75, 3.05) is 29.9 Å². The smallest absolute Gasteiger partial charge is 0.325 e. The zero-order chi connectivity index (χ0) is 18.0. The van der Waals surface area contributed by atoms with Crippen LogP contribution in [0, 0.1) is 5.92 Å². The Kier molecular flexibility index (Phi) is 5.34. The van der Waals surface area contributed by atoms with Gasteiger partial charge in [0.2, 0.25) is 5.91 Å². The van der Waals surface area contributed by atoms with Crippen molar-refractivity contribution in [3.05, 3.63) is 30.0 Å². The molecule has 1 atom stereocenters. The number of rotatable bonds is 5. The SMILES string of the molecule is CC(C)C(=O)Nc1ccc2[nH]cc([C@@H](C(=O)O)N3CCSCC3)c2c1. The van der Waals surface area contributed by atoms with Crippen LogP contribution in [-0.4, -0.2) is 51.5 Å². The molecule has 0 aliphatic carbocycles. The van der Waals surface area contributed by atoms with Gasteiger partial charge in [-0.3, -0.25) is 14.5 Å². The molecule has 0 unspecified atom stereocenters. The van der Waals surface area contributed by atoms with E-state index in [-0.39, 0.29) is 11.8 Å². The molecule has 1 saturated heterocycles. The van der Waals surface area contributed by atoms with Crippen molar-refractivity contribution in [2.45, 2.75) is 19.9 Å². The maximum absolute atomic E-state index is 12.0. The maximum atomic E-state index is 12.0. The Morgan fingerprint density at radius 2 is 2.00 bits per heavy atom. The first-order chi connectivity index (χ1) is 12.0. The molecule has 2 heterocycles. The molecular formula is C18H23N3O3S. The lowest BCUT2D eigenvalue weighted by molar-refractivity contribution is -0.143. The second kappa shape index (κ2) is 7.49.